The number of rotatable bonds is 2. The molecule has 0 spiro atoms. The summed E-state index contributed by atoms with van der Waals surface area (Å²) in [5.74, 6) is -0.344. The molecule has 4 nitrogen and oxygen atoms in total. The Morgan fingerprint density at radius 3 is 2.40 bits per heavy atom. The van der Waals surface area contributed by atoms with E-state index in [9.17, 15) is 8.78 Å². The highest BCUT2D eigenvalue weighted by molar-refractivity contribution is 5.85. The van der Waals surface area contributed by atoms with Gasteiger partial charge in [0, 0.05) is 6.07 Å². The molecule has 0 unspecified atom stereocenters. The first-order chi connectivity index (χ1) is 9.54. The van der Waals surface area contributed by atoms with E-state index in [1.54, 1.807) is 19.1 Å². The Morgan fingerprint density at radius 2 is 1.80 bits per heavy atom. The monoisotopic (exact) mass is 276 g/mol. The van der Waals surface area contributed by atoms with Crippen LogP contribution in [-0.4, -0.2) is 5.16 Å². The highest BCUT2D eigenvalue weighted by Gasteiger charge is 2.20. The zero-order valence-corrected chi connectivity index (χ0v) is 10.5. The van der Waals surface area contributed by atoms with E-state index >= 15 is 0 Å². The molecule has 2 N–H and O–H groups in total. The van der Waals surface area contributed by atoms with Crippen LogP contribution in [0.4, 0.5) is 14.7 Å². The second-order valence-electron chi connectivity index (χ2n) is 4.34. The molecule has 2 heterocycles. The smallest absolute Gasteiger partial charge is 0.230 e. The molecule has 2 aromatic heterocycles. The lowest BCUT2D eigenvalue weighted by Crippen LogP contribution is -1.89. The Balaban J connectivity index is 2.21. The zero-order valence-electron chi connectivity index (χ0n) is 10.5. The van der Waals surface area contributed by atoms with Crippen molar-refractivity contribution in [2.24, 2.45) is 0 Å². The van der Waals surface area contributed by atoms with Gasteiger partial charge >= 0.3 is 0 Å². The van der Waals surface area contributed by atoms with E-state index in [1.807, 2.05) is 0 Å². The largest absolute Gasteiger partial charge is 0.460 e. The van der Waals surface area contributed by atoms with Crippen LogP contribution in [0.15, 0.2) is 39.3 Å². The average molecular weight is 276 g/mol. The van der Waals surface area contributed by atoms with Crippen molar-refractivity contribution >= 4 is 5.88 Å². The molecule has 3 aromatic rings. The van der Waals surface area contributed by atoms with Gasteiger partial charge in [-0.05, 0) is 36.8 Å². The summed E-state index contributed by atoms with van der Waals surface area (Å²) < 4.78 is 37.0. The number of aryl methyl sites for hydroxylation is 1. The summed E-state index contributed by atoms with van der Waals surface area (Å²) in [5, 5.41) is 3.80. The fourth-order valence-corrected chi connectivity index (χ4v) is 2.01. The van der Waals surface area contributed by atoms with Crippen molar-refractivity contribution in [3.8, 4) is 22.6 Å². The Hall–Kier alpha value is -2.63. The molecular formula is C14H10F2N2O2. The number of hydrogen-bond acceptors (Lipinski definition) is 4. The molecule has 0 radical (unpaired) electrons. The number of nitrogen functional groups attached to an aromatic ring is 1. The minimum atomic E-state index is -0.706. The van der Waals surface area contributed by atoms with Crippen LogP contribution in [0, 0.1) is 18.6 Å². The maximum Gasteiger partial charge on any atom is 0.230 e. The van der Waals surface area contributed by atoms with E-state index in [2.05, 4.69) is 5.16 Å². The molecule has 0 aliphatic rings. The molecule has 20 heavy (non-hydrogen) atoms. The topological polar surface area (TPSA) is 65.2 Å². The normalized spacial score (nSPS) is 10.9. The van der Waals surface area contributed by atoms with Crippen LogP contribution >= 0.6 is 0 Å². The van der Waals surface area contributed by atoms with Gasteiger partial charge in [0.2, 0.25) is 5.88 Å². The van der Waals surface area contributed by atoms with Crippen molar-refractivity contribution in [1.29, 1.82) is 0 Å². The average Bonchev–Trinajstić information content (AvgIpc) is 2.94. The summed E-state index contributed by atoms with van der Waals surface area (Å²) in [5.41, 5.74) is 6.55. The third-order valence-corrected chi connectivity index (χ3v) is 2.84. The van der Waals surface area contributed by atoms with Crippen molar-refractivity contribution in [2.75, 3.05) is 5.73 Å². The summed E-state index contributed by atoms with van der Waals surface area (Å²) in [6, 6.07) is 6.53. The minimum absolute atomic E-state index is 0.0287. The predicted octanol–water partition coefficient (Wildman–Crippen LogP) is 3.77. The first kappa shape index (κ1) is 12.4. The first-order valence-corrected chi connectivity index (χ1v) is 5.83. The van der Waals surface area contributed by atoms with Gasteiger partial charge in [0.05, 0.1) is 5.56 Å². The number of benzene rings is 1. The number of hydrogen-bond donors (Lipinski definition) is 1. The number of anilines is 1. The van der Waals surface area contributed by atoms with Crippen molar-refractivity contribution in [3.05, 3.63) is 47.7 Å². The van der Waals surface area contributed by atoms with E-state index in [1.165, 1.54) is 0 Å². The Bertz CT molecular complexity index is 757. The highest BCUT2D eigenvalue weighted by atomic mass is 19.1. The maximum atomic E-state index is 13.3. The number of furan rings is 1. The van der Waals surface area contributed by atoms with Gasteiger partial charge < -0.3 is 14.7 Å². The molecule has 102 valence electrons. The molecule has 0 atom stereocenters. The molecule has 6 heteroatoms. The van der Waals surface area contributed by atoms with Crippen molar-refractivity contribution in [2.45, 2.75) is 6.92 Å². The summed E-state index contributed by atoms with van der Waals surface area (Å²) in [6.07, 6.45) is 0. The van der Waals surface area contributed by atoms with Crippen LogP contribution in [0.3, 0.4) is 0 Å². The standard InChI is InChI=1S/C14H10F2N2O2/c1-7-2-3-11(19-7)13-12(14(17)20-18-13)8-4-9(15)6-10(16)5-8/h2-6H,17H2,1H3. The van der Waals surface area contributed by atoms with Gasteiger partial charge in [0.1, 0.15) is 17.4 Å². The second kappa shape index (κ2) is 4.48. The summed E-state index contributed by atoms with van der Waals surface area (Å²) in [7, 11) is 0. The number of nitrogens with two attached hydrogens (primary N) is 1. The van der Waals surface area contributed by atoms with Crippen LogP contribution in [0.5, 0.6) is 0 Å². The first-order valence-electron chi connectivity index (χ1n) is 5.83. The van der Waals surface area contributed by atoms with Gasteiger partial charge in [-0.25, -0.2) is 8.78 Å². The molecule has 0 saturated heterocycles. The fraction of sp³-hybridized carbons (Fsp3) is 0.0714. The van der Waals surface area contributed by atoms with Gasteiger partial charge in [-0.15, -0.1) is 0 Å². The number of nitrogens with zero attached hydrogens (tertiary/aromatic N) is 1. The highest BCUT2D eigenvalue weighted by Crippen LogP contribution is 2.37. The van der Waals surface area contributed by atoms with Gasteiger partial charge in [-0.1, -0.05) is 5.16 Å². The molecule has 3 rings (SSSR count). The summed E-state index contributed by atoms with van der Waals surface area (Å²) in [6.45, 7) is 1.77. The quantitative estimate of drug-likeness (QED) is 0.773. The van der Waals surface area contributed by atoms with E-state index in [4.69, 9.17) is 14.7 Å². The zero-order chi connectivity index (χ0) is 14.3. The lowest BCUT2D eigenvalue weighted by Gasteiger charge is -2.02. The fourth-order valence-electron chi connectivity index (χ4n) is 2.01. The third-order valence-electron chi connectivity index (χ3n) is 2.84. The van der Waals surface area contributed by atoms with Crippen molar-refractivity contribution < 1.29 is 17.7 Å². The van der Waals surface area contributed by atoms with Gasteiger partial charge in [0.15, 0.2) is 11.5 Å². The molecule has 1 aromatic carbocycles. The second-order valence-corrected chi connectivity index (χ2v) is 4.34. The third kappa shape index (κ3) is 2.05. The number of halogens is 2. The Morgan fingerprint density at radius 1 is 1.10 bits per heavy atom. The van der Waals surface area contributed by atoms with Crippen LogP contribution in [-0.2, 0) is 0 Å². The minimum Gasteiger partial charge on any atom is -0.460 e. The van der Waals surface area contributed by atoms with Gasteiger partial charge in [0.25, 0.3) is 0 Å². The number of aromatic nitrogens is 1. The van der Waals surface area contributed by atoms with Crippen LogP contribution < -0.4 is 5.73 Å². The van der Waals surface area contributed by atoms with Gasteiger partial charge in [-0.3, -0.25) is 0 Å². The Kier molecular flexibility index (Phi) is 2.78. The Labute approximate surface area is 112 Å². The summed E-state index contributed by atoms with van der Waals surface area (Å²) >= 11 is 0. The molecule has 0 fully saturated rings. The SMILES string of the molecule is Cc1ccc(-c2noc(N)c2-c2cc(F)cc(F)c2)o1. The molecule has 0 saturated carbocycles. The van der Waals surface area contributed by atoms with Gasteiger partial charge in [-0.2, -0.15) is 0 Å². The van der Waals surface area contributed by atoms with Crippen LogP contribution in [0.1, 0.15) is 5.76 Å². The van der Waals surface area contributed by atoms with E-state index < -0.39 is 11.6 Å². The maximum absolute atomic E-state index is 13.3. The molecular weight excluding hydrogens is 266 g/mol. The van der Waals surface area contributed by atoms with Crippen molar-refractivity contribution in [1.82, 2.24) is 5.16 Å². The summed E-state index contributed by atoms with van der Waals surface area (Å²) in [4.78, 5) is 0. The van der Waals surface area contributed by atoms with E-state index in [0.29, 0.717) is 22.8 Å². The molecule has 0 aliphatic heterocycles. The lowest BCUT2D eigenvalue weighted by molar-refractivity contribution is 0.435. The molecule has 0 amide bonds. The van der Waals surface area contributed by atoms with E-state index in [0.717, 1.165) is 18.2 Å². The van der Waals surface area contributed by atoms with Crippen LogP contribution in [0.2, 0.25) is 0 Å². The van der Waals surface area contributed by atoms with E-state index in [-0.39, 0.29) is 11.4 Å². The molecule has 0 aliphatic carbocycles. The molecule has 0 bridgehead atoms. The van der Waals surface area contributed by atoms with Crippen LogP contribution in [0.25, 0.3) is 22.6 Å². The lowest BCUT2D eigenvalue weighted by atomic mass is 10.0. The van der Waals surface area contributed by atoms with Crippen molar-refractivity contribution in [3.63, 3.8) is 0 Å². The predicted molar refractivity (Wildman–Crippen MR) is 68.7 cm³/mol.